The summed E-state index contributed by atoms with van der Waals surface area (Å²) in [5, 5.41) is 9.97. The van der Waals surface area contributed by atoms with E-state index in [-0.39, 0.29) is 11.3 Å². The number of carbonyl (C=O) groups is 1. The maximum atomic E-state index is 12.5. The fraction of sp³-hybridized carbons (Fsp3) is 0.375. The van der Waals surface area contributed by atoms with Crippen molar-refractivity contribution in [2.75, 3.05) is 26.0 Å². The minimum absolute atomic E-state index is 0.0811. The molecule has 1 heterocycles. The van der Waals surface area contributed by atoms with Crippen LogP contribution in [-0.4, -0.2) is 41.6 Å². The van der Waals surface area contributed by atoms with Crippen molar-refractivity contribution in [3.05, 3.63) is 36.5 Å². The van der Waals surface area contributed by atoms with Gasteiger partial charge in [-0.2, -0.15) is 5.10 Å². The van der Waals surface area contributed by atoms with E-state index in [1.807, 2.05) is 44.4 Å². The average Bonchev–Trinajstić information content (AvgIpc) is 3.09. The number of anilines is 1. The Bertz CT molecular complexity index is 629. The third-order valence-corrected chi connectivity index (χ3v) is 3.92. The van der Waals surface area contributed by atoms with E-state index in [0.29, 0.717) is 5.82 Å². The maximum Gasteiger partial charge on any atom is 0.233 e. The molecule has 0 bridgehead atoms. The number of hydrogen-bond donors (Lipinski definition) is 2. The average molecular weight is 284 g/mol. The highest BCUT2D eigenvalue weighted by molar-refractivity contribution is 5.99. The molecule has 0 atom stereocenters. The van der Waals surface area contributed by atoms with Crippen molar-refractivity contribution < 1.29 is 4.79 Å². The van der Waals surface area contributed by atoms with Gasteiger partial charge in [0.05, 0.1) is 11.6 Å². The Morgan fingerprint density at radius 1 is 1.33 bits per heavy atom. The first-order chi connectivity index (χ1) is 10.1. The Morgan fingerprint density at radius 2 is 2.05 bits per heavy atom. The number of aromatic nitrogens is 2. The minimum atomic E-state index is -0.234. The number of carbonyl (C=O) groups excluding carboxylic acids is 1. The first-order valence-corrected chi connectivity index (χ1v) is 7.16. The molecule has 1 aromatic heterocycles. The molecule has 3 rings (SSSR count). The summed E-state index contributed by atoms with van der Waals surface area (Å²) in [5.74, 6) is 0.758. The lowest BCUT2D eigenvalue weighted by Gasteiger charge is -2.19. The number of hydrogen-bond acceptors (Lipinski definition) is 3. The zero-order chi connectivity index (χ0) is 14.9. The fourth-order valence-electron chi connectivity index (χ4n) is 2.68. The molecule has 0 unspecified atom stereocenters. The first kappa shape index (κ1) is 13.8. The zero-order valence-corrected chi connectivity index (χ0v) is 12.4. The summed E-state index contributed by atoms with van der Waals surface area (Å²) in [5.41, 5.74) is 1.73. The highest BCUT2D eigenvalue weighted by atomic mass is 16.2. The van der Waals surface area contributed by atoms with Gasteiger partial charge in [-0.1, -0.05) is 30.3 Å². The second-order valence-electron chi connectivity index (χ2n) is 6.00. The second kappa shape index (κ2) is 5.33. The van der Waals surface area contributed by atoms with Crippen LogP contribution in [0.4, 0.5) is 5.82 Å². The van der Waals surface area contributed by atoms with Crippen LogP contribution in [-0.2, 0) is 4.79 Å². The molecular weight excluding hydrogens is 264 g/mol. The van der Waals surface area contributed by atoms with Crippen LogP contribution in [0.5, 0.6) is 0 Å². The number of H-pyrrole nitrogens is 1. The molecule has 2 N–H and O–H groups in total. The summed E-state index contributed by atoms with van der Waals surface area (Å²) in [6.45, 7) is 0.785. The Balaban J connectivity index is 1.78. The van der Waals surface area contributed by atoms with Gasteiger partial charge in [-0.3, -0.25) is 9.89 Å². The normalized spacial score (nSPS) is 16.0. The molecule has 0 radical (unpaired) electrons. The van der Waals surface area contributed by atoms with Gasteiger partial charge in [-0.25, -0.2) is 0 Å². The van der Waals surface area contributed by atoms with E-state index in [4.69, 9.17) is 0 Å². The van der Waals surface area contributed by atoms with Gasteiger partial charge in [0, 0.05) is 12.1 Å². The van der Waals surface area contributed by atoms with E-state index < -0.39 is 0 Å². The number of benzene rings is 1. The Labute approximate surface area is 124 Å². The lowest BCUT2D eigenvalue weighted by atomic mass is 10.1. The van der Waals surface area contributed by atoms with E-state index in [0.717, 1.165) is 30.5 Å². The molecule has 0 spiro atoms. The van der Waals surface area contributed by atoms with Gasteiger partial charge in [0.2, 0.25) is 5.91 Å². The quantitative estimate of drug-likeness (QED) is 0.886. The summed E-state index contributed by atoms with van der Waals surface area (Å²) in [7, 11) is 4.00. The molecule has 5 nitrogen and oxygen atoms in total. The molecule has 0 saturated heterocycles. The highest BCUT2D eigenvalue weighted by Crippen LogP contribution is 2.47. The van der Waals surface area contributed by atoms with Gasteiger partial charge in [0.15, 0.2) is 0 Å². The maximum absolute atomic E-state index is 12.5. The molecular formula is C16H20N4O. The van der Waals surface area contributed by atoms with Crippen molar-refractivity contribution in [3.8, 4) is 11.1 Å². The Morgan fingerprint density at radius 3 is 2.67 bits per heavy atom. The minimum Gasteiger partial charge on any atom is -0.310 e. The van der Waals surface area contributed by atoms with Crippen molar-refractivity contribution in [1.29, 1.82) is 0 Å². The monoisotopic (exact) mass is 284 g/mol. The number of rotatable bonds is 5. The topological polar surface area (TPSA) is 61.0 Å². The van der Waals surface area contributed by atoms with E-state index in [1.54, 1.807) is 6.20 Å². The standard InChI is InChI=1S/C16H20N4O/c1-20(2)11-16(8-9-16)15(21)18-14-13(10-17-19-14)12-6-4-3-5-7-12/h3-7,10H,8-9,11H2,1-2H3,(H2,17,18,19,21). The predicted molar refractivity (Wildman–Crippen MR) is 82.9 cm³/mol. The van der Waals surface area contributed by atoms with Crippen LogP contribution in [0.15, 0.2) is 36.5 Å². The number of amides is 1. The van der Waals surface area contributed by atoms with Crippen molar-refractivity contribution in [2.45, 2.75) is 12.8 Å². The first-order valence-electron chi connectivity index (χ1n) is 7.16. The smallest absolute Gasteiger partial charge is 0.233 e. The van der Waals surface area contributed by atoms with Crippen LogP contribution in [0.1, 0.15) is 12.8 Å². The van der Waals surface area contributed by atoms with Crippen LogP contribution in [0.2, 0.25) is 0 Å². The summed E-state index contributed by atoms with van der Waals surface area (Å²) in [6, 6.07) is 9.93. The fourth-order valence-corrected chi connectivity index (χ4v) is 2.68. The summed E-state index contributed by atoms with van der Waals surface area (Å²) in [4.78, 5) is 14.6. The molecule has 1 saturated carbocycles. The molecule has 5 heteroatoms. The number of nitrogens with one attached hydrogen (secondary N) is 2. The van der Waals surface area contributed by atoms with Gasteiger partial charge < -0.3 is 10.2 Å². The number of aromatic amines is 1. The molecule has 0 aliphatic heterocycles. The molecule has 110 valence electrons. The Hall–Kier alpha value is -2.14. The predicted octanol–water partition coefficient (Wildman–Crippen LogP) is 2.36. The third-order valence-electron chi connectivity index (χ3n) is 3.92. The molecule has 1 aromatic carbocycles. The van der Waals surface area contributed by atoms with Crippen LogP contribution < -0.4 is 5.32 Å². The van der Waals surface area contributed by atoms with Gasteiger partial charge in [-0.05, 0) is 32.5 Å². The highest BCUT2D eigenvalue weighted by Gasteiger charge is 2.50. The zero-order valence-electron chi connectivity index (χ0n) is 12.4. The van der Waals surface area contributed by atoms with Gasteiger partial charge in [0.1, 0.15) is 5.82 Å². The van der Waals surface area contributed by atoms with Crippen molar-refractivity contribution in [2.24, 2.45) is 5.41 Å². The van der Waals surface area contributed by atoms with E-state index >= 15 is 0 Å². The van der Waals surface area contributed by atoms with Crippen LogP contribution in [0.25, 0.3) is 11.1 Å². The largest absolute Gasteiger partial charge is 0.310 e. The van der Waals surface area contributed by atoms with Crippen molar-refractivity contribution >= 4 is 11.7 Å². The molecule has 1 aliphatic rings. The van der Waals surface area contributed by atoms with Gasteiger partial charge >= 0.3 is 0 Å². The lowest BCUT2D eigenvalue weighted by molar-refractivity contribution is -0.121. The SMILES string of the molecule is CN(C)CC1(C(=O)Nc2[nH]ncc2-c2ccccc2)CC1. The van der Waals surface area contributed by atoms with Crippen LogP contribution in [0.3, 0.4) is 0 Å². The van der Waals surface area contributed by atoms with Crippen LogP contribution >= 0.6 is 0 Å². The third kappa shape index (κ3) is 2.83. The van der Waals surface area contributed by atoms with E-state index in [1.165, 1.54) is 0 Å². The van der Waals surface area contributed by atoms with E-state index in [2.05, 4.69) is 20.4 Å². The summed E-state index contributed by atoms with van der Waals surface area (Å²) < 4.78 is 0. The number of nitrogens with zero attached hydrogens (tertiary/aromatic N) is 2. The molecule has 1 amide bonds. The van der Waals surface area contributed by atoms with Crippen LogP contribution in [0, 0.1) is 5.41 Å². The van der Waals surface area contributed by atoms with E-state index in [9.17, 15) is 4.79 Å². The molecule has 2 aromatic rings. The Kier molecular flexibility index (Phi) is 3.51. The van der Waals surface area contributed by atoms with Gasteiger partial charge in [-0.15, -0.1) is 0 Å². The van der Waals surface area contributed by atoms with Gasteiger partial charge in [0.25, 0.3) is 0 Å². The van der Waals surface area contributed by atoms with Crippen molar-refractivity contribution in [3.63, 3.8) is 0 Å². The summed E-state index contributed by atoms with van der Waals surface area (Å²) >= 11 is 0. The molecule has 1 fully saturated rings. The van der Waals surface area contributed by atoms with Crippen molar-refractivity contribution in [1.82, 2.24) is 15.1 Å². The molecule has 21 heavy (non-hydrogen) atoms. The summed E-state index contributed by atoms with van der Waals surface area (Å²) in [6.07, 6.45) is 3.65. The molecule has 1 aliphatic carbocycles. The lowest BCUT2D eigenvalue weighted by Crippen LogP contribution is -2.33. The second-order valence-corrected chi connectivity index (χ2v) is 6.00.